The highest BCUT2D eigenvalue weighted by molar-refractivity contribution is 6.33. The van der Waals surface area contributed by atoms with Crippen molar-refractivity contribution in [3.63, 3.8) is 0 Å². The number of nitrogens with zero attached hydrogens (tertiary/aromatic N) is 1. The van der Waals surface area contributed by atoms with Crippen molar-refractivity contribution in [3.8, 4) is 0 Å². The SMILES string of the molecule is NC1=Nc2cc(C(=O)C=O)ccc2C=C(C(=O)O)C1. The lowest BCUT2D eigenvalue weighted by molar-refractivity contribution is -0.132. The number of aldehydes is 1. The van der Waals surface area contributed by atoms with Gasteiger partial charge in [0.2, 0.25) is 5.78 Å². The highest BCUT2D eigenvalue weighted by Gasteiger charge is 2.16. The van der Waals surface area contributed by atoms with Crippen molar-refractivity contribution in [2.24, 2.45) is 10.7 Å². The van der Waals surface area contributed by atoms with E-state index < -0.39 is 11.8 Å². The van der Waals surface area contributed by atoms with Crippen molar-refractivity contribution in [1.82, 2.24) is 0 Å². The van der Waals surface area contributed by atoms with E-state index in [1.165, 1.54) is 24.3 Å². The van der Waals surface area contributed by atoms with E-state index in [1.807, 2.05) is 0 Å². The fourth-order valence-corrected chi connectivity index (χ4v) is 1.75. The van der Waals surface area contributed by atoms with E-state index >= 15 is 0 Å². The van der Waals surface area contributed by atoms with Crippen LogP contribution in [0.25, 0.3) is 6.08 Å². The van der Waals surface area contributed by atoms with E-state index in [2.05, 4.69) is 4.99 Å². The number of ketones is 1. The summed E-state index contributed by atoms with van der Waals surface area (Å²) in [5.74, 6) is -1.59. The number of carboxylic acid groups (broad SMARTS) is 1. The molecule has 0 bridgehead atoms. The monoisotopic (exact) mass is 258 g/mol. The Morgan fingerprint density at radius 2 is 2.11 bits per heavy atom. The first-order valence-corrected chi connectivity index (χ1v) is 5.41. The van der Waals surface area contributed by atoms with Crippen molar-refractivity contribution in [2.75, 3.05) is 0 Å². The van der Waals surface area contributed by atoms with E-state index in [0.29, 0.717) is 11.3 Å². The van der Waals surface area contributed by atoms with Gasteiger partial charge in [0.25, 0.3) is 0 Å². The number of carboxylic acids is 1. The van der Waals surface area contributed by atoms with Crippen LogP contribution in [0.15, 0.2) is 28.8 Å². The van der Waals surface area contributed by atoms with Crippen LogP contribution >= 0.6 is 0 Å². The Morgan fingerprint density at radius 3 is 2.74 bits per heavy atom. The van der Waals surface area contributed by atoms with Gasteiger partial charge in [-0.15, -0.1) is 0 Å². The van der Waals surface area contributed by atoms with Crippen LogP contribution in [0.4, 0.5) is 5.69 Å². The zero-order valence-corrected chi connectivity index (χ0v) is 9.79. The molecule has 6 nitrogen and oxygen atoms in total. The standard InChI is InChI=1S/C13H10N2O4/c14-12-5-9(13(18)19)3-7-1-2-8(11(17)6-16)4-10(7)15-12/h1-4,6H,5H2,(H2,14,15)(H,18,19). The maximum Gasteiger partial charge on any atom is 0.332 e. The quantitative estimate of drug-likeness (QED) is 0.476. The Balaban J connectivity index is 2.57. The summed E-state index contributed by atoms with van der Waals surface area (Å²) in [5, 5.41) is 9.01. The highest BCUT2D eigenvalue weighted by Crippen LogP contribution is 2.27. The van der Waals surface area contributed by atoms with Gasteiger partial charge in [0.05, 0.1) is 5.69 Å². The van der Waals surface area contributed by atoms with Gasteiger partial charge in [0.1, 0.15) is 5.84 Å². The predicted molar refractivity (Wildman–Crippen MR) is 68.3 cm³/mol. The van der Waals surface area contributed by atoms with E-state index in [-0.39, 0.29) is 29.7 Å². The van der Waals surface area contributed by atoms with Gasteiger partial charge in [-0.2, -0.15) is 0 Å². The van der Waals surface area contributed by atoms with Gasteiger partial charge in [-0.1, -0.05) is 12.1 Å². The summed E-state index contributed by atoms with van der Waals surface area (Å²) in [6, 6.07) is 4.40. The van der Waals surface area contributed by atoms with Crippen LogP contribution in [0.3, 0.4) is 0 Å². The van der Waals surface area contributed by atoms with Gasteiger partial charge in [-0.3, -0.25) is 9.59 Å². The maximum absolute atomic E-state index is 11.3. The van der Waals surface area contributed by atoms with Crippen molar-refractivity contribution in [1.29, 1.82) is 0 Å². The van der Waals surface area contributed by atoms with E-state index in [0.717, 1.165) is 0 Å². The van der Waals surface area contributed by atoms with Gasteiger partial charge < -0.3 is 10.8 Å². The van der Waals surface area contributed by atoms with Crippen LogP contribution in [0, 0.1) is 0 Å². The summed E-state index contributed by atoms with van der Waals surface area (Å²) in [5.41, 5.74) is 6.86. The van der Waals surface area contributed by atoms with Gasteiger partial charge in [-0.05, 0) is 12.1 Å². The number of fused-ring (bicyclic) bond motifs is 1. The van der Waals surface area contributed by atoms with E-state index in [9.17, 15) is 14.4 Å². The number of aliphatic imine (C=N–C) groups is 1. The molecule has 0 amide bonds. The third-order valence-electron chi connectivity index (χ3n) is 2.66. The van der Waals surface area contributed by atoms with Gasteiger partial charge >= 0.3 is 5.97 Å². The molecule has 96 valence electrons. The fraction of sp³-hybridized carbons (Fsp3) is 0.0769. The van der Waals surface area contributed by atoms with Gasteiger partial charge in [-0.25, -0.2) is 9.79 Å². The lowest BCUT2D eigenvalue weighted by Gasteiger charge is -2.02. The highest BCUT2D eigenvalue weighted by atomic mass is 16.4. The molecule has 1 heterocycles. The van der Waals surface area contributed by atoms with Crippen LogP contribution in [0.2, 0.25) is 0 Å². The third kappa shape index (κ3) is 2.57. The number of rotatable bonds is 3. The summed E-state index contributed by atoms with van der Waals surface area (Å²) in [7, 11) is 0. The number of carbonyl (C=O) groups excluding carboxylic acids is 2. The Bertz CT molecular complexity index is 644. The Kier molecular flexibility index (Phi) is 3.24. The second-order valence-electron chi connectivity index (χ2n) is 4.01. The van der Waals surface area contributed by atoms with Crippen LogP contribution in [-0.4, -0.2) is 29.0 Å². The maximum atomic E-state index is 11.3. The molecule has 0 atom stereocenters. The molecular weight excluding hydrogens is 248 g/mol. The second kappa shape index (κ2) is 4.85. The average molecular weight is 258 g/mol. The number of hydrogen-bond donors (Lipinski definition) is 2. The van der Waals surface area contributed by atoms with Crippen LogP contribution in [-0.2, 0) is 9.59 Å². The lowest BCUT2D eigenvalue weighted by atomic mass is 10.0. The molecule has 1 aliphatic heterocycles. The van der Waals surface area contributed by atoms with Crippen molar-refractivity contribution in [2.45, 2.75) is 6.42 Å². The third-order valence-corrected chi connectivity index (χ3v) is 2.66. The molecule has 0 radical (unpaired) electrons. The first-order chi connectivity index (χ1) is 9.01. The first-order valence-electron chi connectivity index (χ1n) is 5.41. The normalized spacial score (nSPS) is 13.7. The number of aliphatic carboxylic acids is 1. The molecule has 0 spiro atoms. The van der Waals surface area contributed by atoms with Gasteiger partial charge in [0.15, 0.2) is 6.29 Å². The fourth-order valence-electron chi connectivity index (χ4n) is 1.75. The molecule has 0 aliphatic carbocycles. The summed E-state index contributed by atoms with van der Waals surface area (Å²) < 4.78 is 0. The second-order valence-corrected chi connectivity index (χ2v) is 4.01. The summed E-state index contributed by atoms with van der Waals surface area (Å²) in [6.07, 6.45) is 1.70. The van der Waals surface area contributed by atoms with Gasteiger partial charge in [0, 0.05) is 23.1 Å². The molecule has 0 unspecified atom stereocenters. The average Bonchev–Trinajstić information content (AvgIpc) is 2.54. The molecular formula is C13H10N2O4. The number of Topliss-reactive ketones (excluding diaryl/α,β-unsaturated/α-hetero) is 1. The minimum absolute atomic E-state index is 0.0287. The Labute approximate surface area is 108 Å². The summed E-state index contributed by atoms with van der Waals surface area (Å²) >= 11 is 0. The van der Waals surface area contributed by atoms with Crippen molar-refractivity contribution >= 4 is 35.6 Å². The number of amidine groups is 1. The van der Waals surface area contributed by atoms with Crippen LogP contribution in [0.5, 0.6) is 0 Å². The van der Waals surface area contributed by atoms with Crippen molar-refractivity contribution in [3.05, 3.63) is 34.9 Å². The number of hydrogen-bond acceptors (Lipinski definition) is 5. The molecule has 19 heavy (non-hydrogen) atoms. The summed E-state index contributed by atoms with van der Waals surface area (Å²) in [4.78, 5) is 36.8. The van der Waals surface area contributed by atoms with Crippen LogP contribution < -0.4 is 5.73 Å². The van der Waals surface area contributed by atoms with Crippen molar-refractivity contribution < 1.29 is 19.5 Å². The molecule has 1 aromatic rings. The van der Waals surface area contributed by atoms with Crippen LogP contribution in [0.1, 0.15) is 22.3 Å². The molecule has 3 N–H and O–H groups in total. The Morgan fingerprint density at radius 1 is 1.37 bits per heavy atom. The number of nitrogens with two attached hydrogens (primary N) is 1. The molecule has 6 heteroatoms. The Hall–Kier alpha value is -2.76. The number of carbonyl (C=O) groups is 3. The molecule has 0 saturated heterocycles. The molecule has 1 aliphatic rings. The predicted octanol–water partition coefficient (Wildman–Crippen LogP) is 0.929. The summed E-state index contributed by atoms with van der Waals surface area (Å²) in [6.45, 7) is 0. The molecule has 1 aromatic carbocycles. The largest absolute Gasteiger partial charge is 0.478 e. The molecule has 0 saturated carbocycles. The molecule has 2 rings (SSSR count). The lowest BCUT2D eigenvalue weighted by Crippen LogP contribution is -2.14. The smallest absolute Gasteiger partial charge is 0.332 e. The number of benzene rings is 1. The minimum Gasteiger partial charge on any atom is -0.478 e. The first kappa shape index (κ1) is 12.7. The minimum atomic E-state index is -1.07. The van der Waals surface area contributed by atoms with E-state index in [1.54, 1.807) is 0 Å². The molecule has 0 aromatic heterocycles. The van der Waals surface area contributed by atoms with E-state index in [4.69, 9.17) is 10.8 Å². The topological polar surface area (TPSA) is 110 Å². The molecule has 0 fully saturated rings. The zero-order valence-electron chi connectivity index (χ0n) is 9.79. The zero-order chi connectivity index (χ0) is 14.0.